The molecular weight excluding hydrogens is 358 g/mol. The maximum Gasteiger partial charge on any atom is 0.251 e. The minimum Gasteiger partial charge on any atom is -0.325 e. The van der Waals surface area contributed by atoms with E-state index >= 15 is 0 Å². The fourth-order valence-corrected chi connectivity index (χ4v) is 4.95. The quantitative estimate of drug-likeness (QED) is 0.706. The third-order valence-electron chi connectivity index (χ3n) is 6.09. The van der Waals surface area contributed by atoms with E-state index < -0.39 is 10.7 Å². The zero-order valence-corrected chi connectivity index (χ0v) is 16.4. The van der Waals surface area contributed by atoms with E-state index in [0.717, 1.165) is 41.6 Å². The van der Waals surface area contributed by atoms with Crippen LogP contribution in [0.15, 0.2) is 41.2 Å². The lowest BCUT2D eigenvalue weighted by molar-refractivity contribution is 0.468. The molecule has 4 rings (SSSR count). The molecule has 1 unspecified atom stereocenters. The van der Waals surface area contributed by atoms with E-state index in [1.807, 2.05) is 30.3 Å². The van der Waals surface area contributed by atoms with Crippen molar-refractivity contribution in [2.24, 2.45) is 5.92 Å². The van der Waals surface area contributed by atoms with Gasteiger partial charge in [-0.3, -0.25) is 4.79 Å². The second kappa shape index (κ2) is 8.01. The third-order valence-corrected chi connectivity index (χ3v) is 6.72. The standard InChI is InChI=1S/C22H27NO3S/c24-22-19(17-9-10-17)11-12-21(23-22)20(13-15-3-1-2-4-15)18-7-5-16(6-8-18)14-27(25)26/h5-8,11-12,15,17,20,27H,1-4,9-10,13-14H2,(H,23,24). The van der Waals surface area contributed by atoms with Gasteiger partial charge in [-0.2, -0.15) is 0 Å². The normalized spacial score (nSPS) is 18.9. The van der Waals surface area contributed by atoms with Crippen molar-refractivity contribution >= 4 is 10.7 Å². The molecule has 2 aliphatic carbocycles. The highest BCUT2D eigenvalue weighted by Gasteiger charge is 2.28. The fourth-order valence-electron chi connectivity index (χ4n) is 4.45. The summed E-state index contributed by atoms with van der Waals surface area (Å²) in [5, 5.41) is 0. The number of hydrogen-bond acceptors (Lipinski definition) is 3. The molecule has 0 spiro atoms. The van der Waals surface area contributed by atoms with Crippen LogP contribution in [0.3, 0.4) is 0 Å². The Morgan fingerprint density at radius 3 is 2.26 bits per heavy atom. The number of rotatable bonds is 7. The smallest absolute Gasteiger partial charge is 0.251 e. The number of pyridine rings is 1. The maximum absolute atomic E-state index is 12.5. The van der Waals surface area contributed by atoms with Gasteiger partial charge in [0.2, 0.25) is 0 Å². The second-order valence-corrected chi connectivity index (χ2v) is 9.13. The Balaban J connectivity index is 1.63. The van der Waals surface area contributed by atoms with Crippen LogP contribution in [0.1, 0.15) is 79.2 Å². The van der Waals surface area contributed by atoms with Gasteiger partial charge < -0.3 is 4.98 Å². The SMILES string of the molecule is O=c1[nH]c(C(CC2CCCC2)c2ccc(C[SH](=O)=O)cc2)ccc1C1CC1. The number of aromatic nitrogens is 1. The summed E-state index contributed by atoms with van der Waals surface area (Å²) in [5.74, 6) is 1.38. The van der Waals surface area contributed by atoms with Crippen molar-refractivity contribution in [3.8, 4) is 0 Å². The van der Waals surface area contributed by atoms with Gasteiger partial charge in [0.25, 0.3) is 5.56 Å². The zero-order chi connectivity index (χ0) is 18.8. The molecule has 0 saturated heterocycles. The Kier molecular flexibility index (Phi) is 5.48. The van der Waals surface area contributed by atoms with Crippen LogP contribution in [0.5, 0.6) is 0 Å². The molecule has 1 heterocycles. The van der Waals surface area contributed by atoms with Crippen LogP contribution >= 0.6 is 0 Å². The predicted molar refractivity (Wildman–Crippen MR) is 108 cm³/mol. The largest absolute Gasteiger partial charge is 0.325 e. The van der Waals surface area contributed by atoms with Gasteiger partial charge in [-0.15, -0.1) is 0 Å². The number of nitrogens with one attached hydrogen (secondary N) is 1. The number of aromatic amines is 1. The van der Waals surface area contributed by atoms with Gasteiger partial charge >= 0.3 is 0 Å². The number of thiol groups is 1. The Hall–Kier alpha value is -1.88. The highest BCUT2D eigenvalue weighted by Crippen LogP contribution is 2.40. The van der Waals surface area contributed by atoms with Crippen LogP contribution in [-0.4, -0.2) is 13.4 Å². The molecule has 1 N–H and O–H groups in total. The maximum atomic E-state index is 12.5. The van der Waals surface area contributed by atoms with Crippen LogP contribution in [0.4, 0.5) is 0 Å². The average Bonchev–Trinajstić information content (AvgIpc) is 3.35. The molecule has 5 heteroatoms. The number of H-pyrrole nitrogens is 1. The van der Waals surface area contributed by atoms with Gasteiger partial charge in [-0.1, -0.05) is 56.0 Å². The molecular formula is C22H27NO3S. The fraction of sp³-hybridized carbons (Fsp3) is 0.500. The molecule has 2 saturated carbocycles. The second-order valence-electron chi connectivity index (χ2n) is 8.14. The van der Waals surface area contributed by atoms with E-state index in [2.05, 4.69) is 11.1 Å². The van der Waals surface area contributed by atoms with Crippen molar-refractivity contribution in [3.05, 3.63) is 69.1 Å². The van der Waals surface area contributed by atoms with Gasteiger partial charge in [-0.05, 0) is 48.3 Å². The average molecular weight is 386 g/mol. The Morgan fingerprint density at radius 2 is 1.67 bits per heavy atom. The molecule has 0 aliphatic heterocycles. The Bertz CT molecular complexity index is 911. The van der Waals surface area contributed by atoms with Crippen molar-refractivity contribution in [1.29, 1.82) is 0 Å². The molecule has 2 aliphatic rings. The van der Waals surface area contributed by atoms with E-state index in [1.165, 1.54) is 25.7 Å². The van der Waals surface area contributed by atoms with Crippen LogP contribution < -0.4 is 5.56 Å². The zero-order valence-electron chi connectivity index (χ0n) is 15.5. The summed E-state index contributed by atoms with van der Waals surface area (Å²) in [4.78, 5) is 15.7. The highest BCUT2D eigenvalue weighted by molar-refractivity contribution is 7.71. The molecule has 4 nitrogen and oxygen atoms in total. The lowest BCUT2D eigenvalue weighted by Gasteiger charge is -2.22. The van der Waals surface area contributed by atoms with E-state index in [1.54, 1.807) is 0 Å². The summed E-state index contributed by atoms with van der Waals surface area (Å²) in [7, 11) is -2.41. The van der Waals surface area contributed by atoms with Crippen LogP contribution in [-0.2, 0) is 16.5 Å². The Labute approximate surface area is 162 Å². The lowest BCUT2D eigenvalue weighted by atomic mass is 9.85. The Morgan fingerprint density at radius 1 is 0.963 bits per heavy atom. The summed E-state index contributed by atoms with van der Waals surface area (Å²) >= 11 is 0. The molecule has 1 aromatic carbocycles. The van der Waals surface area contributed by atoms with Crippen molar-refractivity contribution in [1.82, 2.24) is 4.98 Å². The first-order valence-electron chi connectivity index (χ1n) is 10.0. The first kappa shape index (κ1) is 18.5. The molecule has 27 heavy (non-hydrogen) atoms. The minimum absolute atomic E-state index is 0.0615. The molecule has 2 aromatic rings. The van der Waals surface area contributed by atoms with Gasteiger partial charge in [-0.25, -0.2) is 8.42 Å². The third kappa shape index (κ3) is 4.52. The topological polar surface area (TPSA) is 67.0 Å². The summed E-state index contributed by atoms with van der Waals surface area (Å²) in [5.41, 5.74) is 3.94. The summed E-state index contributed by atoms with van der Waals surface area (Å²) < 4.78 is 21.9. The first-order chi connectivity index (χ1) is 13.1. The van der Waals surface area contributed by atoms with Crippen LogP contribution in [0, 0.1) is 5.92 Å². The minimum atomic E-state index is -2.41. The molecule has 0 radical (unpaired) electrons. The molecule has 144 valence electrons. The van der Waals surface area contributed by atoms with Crippen molar-refractivity contribution < 1.29 is 8.42 Å². The highest BCUT2D eigenvalue weighted by atomic mass is 32.2. The van der Waals surface area contributed by atoms with Crippen LogP contribution in [0.25, 0.3) is 0 Å². The van der Waals surface area contributed by atoms with Gasteiger partial charge in [0, 0.05) is 17.2 Å². The van der Waals surface area contributed by atoms with Crippen LogP contribution in [0.2, 0.25) is 0 Å². The van der Waals surface area contributed by atoms with Crippen molar-refractivity contribution in [2.75, 3.05) is 0 Å². The van der Waals surface area contributed by atoms with Crippen molar-refractivity contribution in [3.63, 3.8) is 0 Å². The van der Waals surface area contributed by atoms with Gasteiger partial charge in [0.1, 0.15) is 10.7 Å². The van der Waals surface area contributed by atoms with E-state index in [-0.39, 0.29) is 17.2 Å². The summed E-state index contributed by atoms with van der Waals surface area (Å²) in [6, 6.07) is 12.0. The van der Waals surface area contributed by atoms with E-state index in [9.17, 15) is 13.2 Å². The number of hydrogen-bond donors (Lipinski definition) is 2. The first-order valence-corrected chi connectivity index (χ1v) is 11.4. The van der Waals surface area contributed by atoms with Gasteiger partial charge in [0.15, 0.2) is 0 Å². The lowest BCUT2D eigenvalue weighted by Crippen LogP contribution is -2.17. The van der Waals surface area contributed by atoms with E-state index in [0.29, 0.717) is 11.8 Å². The summed E-state index contributed by atoms with van der Waals surface area (Å²) in [6.45, 7) is 0. The van der Waals surface area contributed by atoms with Gasteiger partial charge in [0.05, 0.1) is 5.75 Å². The summed E-state index contributed by atoms with van der Waals surface area (Å²) in [6.07, 6.45) is 8.39. The monoisotopic (exact) mass is 385 g/mol. The molecule has 2 fully saturated rings. The molecule has 0 bridgehead atoms. The molecule has 0 amide bonds. The predicted octanol–water partition coefficient (Wildman–Crippen LogP) is 4.08. The van der Waals surface area contributed by atoms with E-state index in [4.69, 9.17) is 0 Å². The molecule has 1 atom stereocenters. The van der Waals surface area contributed by atoms with Crippen molar-refractivity contribution in [2.45, 2.75) is 62.5 Å². The molecule has 1 aromatic heterocycles. The number of benzene rings is 1.